The lowest BCUT2D eigenvalue weighted by molar-refractivity contribution is -0.384. The van der Waals surface area contributed by atoms with E-state index in [2.05, 4.69) is 38.8 Å². The zero-order valence-electron chi connectivity index (χ0n) is 13.2. The molecule has 2 aliphatic carbocycles. The van der Waals surface area contributed by atoms with E-state index in [1.807, 2.05) is 6.07 Å². The number of nitro groups is 1. The van der Waals surface area contributed by atoms with Crippen molar-refractivity contribution in [2.75, 3.05) is 10.6 Å². The van der Waals surface area contributed by atoms with Crippen molar-refractivity contribution in [1.29, 1.82) is 0 Å². The number of nitrogens with one attached hydrogen (secondary N) is 2. The Hall–Kier alpha value is -2.70. The molecule has 124 valence electrons. The monoisotopic (exact) mass is 325 g/mol. The number of hydrogen-bond acceptors (Lipinski definition) is 6. The van der Waals surface area contributed by atoms with Crippen molar-refractivity contribution < 1.29 is 4.92 Å². The van der Waals surface area contributed by atoms with E-state index in [-0.39, 0.29) is 11.7 Å². The standard InChI is InChI=1S/C17H19N5O2/c23-22(24)15-10-18-17(21-16(15)19-12-8-9-12)20-14-7-3-5-11-4-1-2-6-13(11)14/h1-2,4,6,10,12,14H,3,5,7-9H2,(H2,18,19,20,21)/t14-/m0/s1. The van der Waals surface area contributed by atoms with Crippen LogP contribution < -0.4 is 10.6 Å². The molecule has 0 saturated heterocycles. The molecule has 7 heteroatoms. The van der Waals surface area contributed by atoms with Gasteiger partial charge >= 0.3 is 5.69 Å². The SMILES string of the molecule is O=[N+]([O-])c1cnc(N[C@H]2CCCc3ccccc32)nc1NC1CC1. The largest absolute Gasteiger partial charge is 0.361 e. The van der Waals surface area contributed by atoms with Crippen LogP contribution in [0.15, 0.2) is 30.5 Å². The molecule has 2 aliphatic rings. The highest BCUT2D eigenvalue weighted by Crippen LogP contribution is 2.33. The first-order valence-electron chi connectivity index (χ1n) is 8.33. The summed E-state index contributed by atoms with van der Waals surface area (Å²) in [5.41, 5.74) is 2.54. The first kappa shape index (κ1) is 14.9. The van der Waals surface area contributed by atoms with Crippen LogP contribution in [0.3, 0.4) is 0 Å². The number of aryl methyl sites for hydroxylation is 1. The molecule has 1 atom stereocenters. The summed E-state index contributed by atoms with van der Waals surface area (Å²) in [6, 6.07) is 8.81. The summed E-state index contributed by atoms with van der Waals surface area (Å²) in [5, 5.41) is 17.6. The number of nitrogens with zero attached hydrogens (tertiary/aromatic N) is 3. The van der Waals surface area contributed by atoms with Crippen LogP contribution in [0.4, 0.5) is 17.5 Å². The predicted molar refractivity (Wildman–Crippen MR) is 91.1 cm³/mol. The lowest BCUT2D eigenvalue weighted by Gasteiger charge is -2.26. The second-order valence-corrected chi connectivity index (χ2v) is 6.39. The summed E-state index contributed by atoms with van der Waals surface area (Å²) >= 11 is 0. The van der Waals surface area contributed by atoms with Crippen LogP contribution in [0.5, 0.6) is 0 Å². The first-order valence-corrected chi connectivity index (χ1v) is 8.33. The summed E-state index contributed by atoms with van der Waals surface area (Å²) in [6.07, 6.45) is 6.54. The molecular formula is C17H19N5O2. The number of fused-ring (bicyclic) bond motifs is 1. The molecule has 0 unspecified atom stereocenters. The summed E-state index contributed by atoms with van der Waals surface area (Å²) in [6.45, 7) is 0. The van der Waals surface area contributed by atoms with Gasteiger partial charge in [-0.3, -0.25) is 10.1 Å². The van der Waals surface area contributed by atoms with Crippen molar-refractivity contribution >= 4 is 17.5 Å². The minimum atomic E-state index is -0.440. The smallest absolute Gasteiger partial charge is 0.329 e. The van der Waals surface area contributed by atoms with Crippen LogP contribution in [0, 0.1) is 10.1 Å². The Kier molecular flexibility index (Phi) is 3.76. The van der Waals surface area contributed by atoms with Crippen LogP contribution >= 0.6 is 0 Å². The van der Waals surface area contributed by atoms with Gasteiger partial charge in [-0.1, -0.05) is 24.3 Å². The minimum absolute atomic E-state index is 0.0727. The van der Waals surface area contributed by atoms with E-state index in [4.69, 9.17) is 0 Å². The Labute approximate surface area is 139 Å². The Morgan fingerprint density at radius 1 is 1.17 bits per heavy atom. The fourth-order valence-corrected chi connectivity index (χ4v) is 3.17. The van der Waals surface area contributed by atoms with Gasteiger partial charge in [0.15, 0.2) is 0 Å². The lowest BCUT2D eigenvalue weighted by atomic mass is 9.88. The van der Waals surface area contributed by atoms with Crippen LogP contribution in [0.2, 0.25) is 0 Å². The molecular weight excluding hydrogens is 306 g/mol. The van der Waals surface area contributed by atoms with E-state index in [0.29, 0.717) is 17.8 Å². The van der Waals surface area contributed by atoms with Gasteiger partial charge in [0.05, 0.1) is 11.0 Å². The fourth-order valence-electron chi connectivity index (χ4n) is 3.17. The van der Waals surface area contributed by atoms with E-state index < -0.39 is 4.92 Å². The summed E-state index contributed by atoms with van der Waals surface area (Å²) in [7, 11) is 0. The molecule has 0 aliphatic heterocycles. The van der Waals surface area contributed by atoms with E-state index >= 15 is 0 Å². The zero-order valence-corrected chi connectivity index (χ0v) is 13.2. The molecule has 2 N–H and O–H groups in total. The molecule has 0 bridgehead atoms. The van der Waals surface area contributed by atoms with Crippen molar-refractivity contribution in [1.82, 2.24) is 9.97 Å². The molecule has 0 amide bonds. The Morgan fingerprint density at radius 2 is 2.00 bits per heavy atom. The van der Waals surface area contributed by atoms with Gasteiger partial charge < -0.3 is 10.6 Å². The quantitative estimate of drug-likeness (QED) is 0.646. The summed E-state index contributed by atoms with van der Waals surface area (Å²) in [5.74, 6) is 0.745. The average Bonchev–Trinajstić information content (AvgIpc) is 3.39. The molecule has 1 heterocycles. The average molecular weight is 325 g/mol. The molecule has 2 aromatic rings. The lowest BCUT2D eigenvalue weighted by Crippen LogP contribution is -2.19. The third kappa shape index (κ3) is 3.02. The highest BCUT2D eigenvalue weighted by molar-refractivity contribution is 5.58. The molecule has 1 aromatic heterocycles. The molecule has 7 nitrogen and oxygen atoms in total. The maximum absolute atomic E-state index is 11.2. The highest BCUT2D eigenvalue weighted by Gasteiger charge is 2.27. The first-order chi connectivity index (χ1) is 11.7. The molecule has 1 fully saturated rings. The van der Waals surface area contributed by atoms with Gasteiger partial charge in [0.25, 0.3) is 0 Å². The normalized spacial score (nSPS) is 19.4. The van der Waals surface area contributed by atoms with E-state index in [9.17, 15) is 10.1 Å². The second kappa shape index (κ2) is 6.07. The second-order valence-electron chi connectivity index (χ2n) is 6.39. The molecule has 24 heavy (non-hydrogen) atoms. The van der Waals surface area contributed by atoms with Crippen molar-refractivity contribution in [3.05, 3.63) is 51.7 Å². The van der Waals surface area contributed by atoms with E-state index in [0.717, 1.165) is 32.1 Å². The third-order valence-electron chi connectivity index (χ3n) is 4.56. The number of rotatable bonds is 5. The van der Waals surface area contributed by atoms with Gasteiger partial charge in [-0.15, -0.1) is 0 Å². The zero-order chi connectivity index (χ0) is 16.5. The number of benzene rings is 1. The Bertz CT molecular complexity index is 775. The van der Waals surface area contributed by atoms with Crippen LogP contribution in [0.25, 0.3) is 0 Å². The van der Waals surface area contributed by atoms with E-state index in [1.54, 1.807) is 0 Å². The van der Waals surface area contributed by atoms with Gasteiger partial charge in [0.2, 0.25) is 11.8 Å². The molecule has 0 radical (unpaired) electrons. The summed E-state index contributed by atoms with van der Waals surface area (Å²) < 4.78 is 0. The molecule has 1 aromatic carbocycles. The van der Waals surface area contributed by atoms with Gasteiger partial charge in [-0.05, 0) is 43.2 Å². The maximum Gasteiger partial charge on any atom is 0.329 e. The fraction of sp³-hybridized carbons (Fsp3) is 0.412. The minimum Gasteiger partial charge on any atom is -0.361 e. The summed E-state index contributed by atoms with van der Waals surface area (Å²) in [4.78, 5) is 19.2. The topological polar surface area (TPSA) is 93.0 Å². The maximum atomic E-state index is 11.2. The number of aromatic nitrogens is 2. The van der Waals surface area contributed by atoms with Gasteiger partial charge in [-0.2, -0.15) is 4.98 Å². The van der Waals surface area contributed by atoms with Crippen molar-refractivity contribution in [2.45, 2.75) is 44.2 Å². The van der Waals surface area contributed by atoms with Crippen molar-refractivity contribution in [2.24, 2.45) is 0 Å². The van der Waals surface area contributed by atoms with Crippen LogP contribution in [0.1, 0.15) is 42.9 Å². The van der Waals surface area contributed by atoms with Crippen LogP contribution in [-0.4, -0.2) is 20.9 Å². The highest BCUT2D eigenvalue weighted by atomic mass is 16.6. The van der Waals surface area contributed by atoms with Gasteiger partial charge in [0.1, 0.15) is 6.20 Å². The van der Waals surface area contributed by atoms with E-state index in [1.165, 1.54) is 17.3 Å². The number of hydrogen-bond donors (Lipinski definition) is 2. The number of anilines is 2. The van der Waals surface area contributed by atoms with Crippen molar-refractivity contribution in [3.8, 4) is 0 Å². The van der Waals surface area contributed by atoms with Crippen molar-refractivity contribution in [3.63, 3.8) is 0 Å². The van der Waals surface area contributed by atoms with Crippen LogP contribution in [-0.2, 0) is 6.42 Å². The molecule has 1 saturated carbocycles. The van der Waals surface area contributed by atoms with Gasteiger partial charge in [-0.25, -0.2) is 4.98 Å². The molecule has 4 rings (SSSR count). The predicted octanol–water partition coefficient (Wildman–Crippen LogP) is 3.45. The molecule has 0 spiro atoms. The Balaban J connectivity index is 1.60. The van der Waals surface area contributed by atoms with Gasteiger partial charge in [0, 0.05) is 6.04 Å². The Morgan fingerprint density at radius 3 is 2.79 bits per heavy atom. The third-order valence-corrected chi connectivity index (χ3v) is 4.56.